The molecule has 2 aromatic rings. The molecule has 1 aliphatic heterocycles. The number of fused-ring (bicyclic) bond motifs is 1. The summed E-state index contributed by atoms with van der Waals surface area (Å²) < 4.78 is 11.8. The van der Waals surface area contributed by atoms with Crippen molar-refractivity contribution in [1.29, 1.82) is 0 Å². The lowest BCUT2D eigenvalue weighted by Gasteiger charge is -2.60. The Bertz CT molecular complexity index is 1210. The molecule has 7 atom stereocenters. The maximum Gasteiger partial charge on any atom is 0.411 e. The molecule has 0 unspecified atom stereocenters. The zero-order valence-electron chi connectivity index (χ0n) is 23.9. The van der Waals surface area contributed by atoms with Crippen LogP contribution in [0.25, 0.3) is 0 Å². The third kappa shape index (κ3) is 6.08. The molecule has 2 aliphatic carbocycles. The predicted octanol–water partition coefficient (Wildman–Crippen LogP) is 4.57. The standard InChI is InChI=1S/C32H42N2O7/c1-31-16-14-28(41-30(39)33-21-8-10-24(11-9-21)40-23-6-4-3-5-7-23)32(2,20-35)27(31)13-12-26(37)25(31)18-29(38)34-17-15-22(36)19-34/h3-11,22,25-28,35-37H,12-20H2,1-2H3,(H,33,39)/t22-,25-,26-,27+,28-,31+,32+/m1/s1. The van der Waals surface area contributed by atoms with Gasteiger partial charge in [0.2, 0.25) is 5.91 Å². The molecule has 9 heteroatoms. The molecule has 2 aromatic carbocycles. The summed E-state index contributed by atoms with van der Waals surface area (Å²) in [5, 5.41) is 34.4. The monoisotopic (exact) mass is 566 g/mol. The molecular formula is C32H42N2O7. The van der Waals surface area contributed by atoms with Crippen LogP contribution in [0.2, 0.25) is 0 Å². The molecule has 9 nitrogen and oxygen atoms in total. The smallest absolute Gasteiger partial charge is 0.411 e. The zero-order valence-corrected chi connectivity index (χ0v) is 23.9. The van der Waals surface area contributed by atoms with Crippen molar-refractivity contribution < 1.29 is 34.4 Å². The topological polar surface area (TPSA) is 129 Å². The predicted molar refractivity (Wildman–Crippen MR) is 153 cm³/mol. The van der Waals surface area contributed by atoms with Gasteiger partial charge in [-0.3, -0.25) is 10.1 Å². The Morgan fingerprint density at radius 1 is 0.976 bits per heavy atom. The summed E-state index contributed by atoms with van der Waals surface area (Å²) >= 11 is 0. The van der Waals surface area contributed by atoms with Gasteiger partial charge >= 0.3 is 6.09 Å². The number of anilines is 1. The lowest BCUT2D eigenvalue weighted by molar-refractivity contribution is -0.186. The lowest BCUT2D eigenvalue weighted by atomic mass is 9.46. The van der Waals surface area contributed by atoms with Crippen molar-refractivity contribution >= 4 is 17.7 Å². The molecule has 2 amide bonds. The van der Waals surface area contributed by atoms with E-state index in [-0.39, 0.29) is 30.8 Å². The van der Waals surface area contributed by atoms with E-state index in [9.17, 15) is 24.9 Å². The second-order valence-electron chi connectivity index (χ2n) is 12.5. The SMILES string of the molecule is C[C@]1(CO)[C@H]2CC[C@@H](O)[C@@H](CC(=O)N3CC[C@@H](O)C3)[C@]2(C)CC[C@H]1OC(=O)Nc1ccc(Oc2ccccc2)cc1. The molecule has 0 aromatic heterocycles. The Labute approximate surface area is 241 Å². The molecule has 2 saturated carbocycles. The number of ether oxygens (including phenoxy) is 2. The number of aliphatic hydroxyl groups excluding tert-OH is 3. The molecular weight excluding hydrogens is 524 g/mol. The fourth-order valence-electron chi connectivity index (χ4n) is 7.57. The number of amides is 2. The summed E-state index contributed by atoms with van der Waals surface area (Å²) in [7, 11) is 0. The number of likely N-dealkylation sites (tertiary alicyclic amines) is 1. The number of benzene rings is 2. The third-order valence-corrected chi connectivity index (χ3v) is 9.92. The van der Waals surface area contributed by atoms with Gasteiger partial charge in [0.25, 0.3) is 0 Å². The Kier molecular flexibility index (Phi) is 8.59. The molecule has 222 valence electrons. The van der Waals surface area contributed by atoms with Gasteiger partial charge in [-0.1, -0.05) is 32.0 Å². The number of nitrogens with one attached hydrogen (secondary N) is 1. The number of hydrogen-bond donors (Lipinski definition) is 4. The molecule has 1 heterocycles. The molecule has 41 heavy (non-hydrogen) atoms. The van der Waals surface area contributed by atoms with Crippen molar-refractivity contribution in [2.45, 2.75) is 70.7 Å². The quantitative estimate of drug-likeness (QED) is 0.387. The Morgan fingerprint density at radius 2 is 1.68 bits per heavy atom. The number of nitrogens with zero attached hydrogens (tertiary/aromatic N) is 1. The minimum absolute atomic E-state index is 0.0453. The average molecular weight is 567 g/mol. The van der Waals surface area contributed by atoms with Crippen molar-refractivity contribution in [3.05, 3.63) is 54.6 Å². The van der Waals surface area contributed by atoms with Crippen LogP contribution in [0.15, 0.2) is 54.6 Å². The first-order chi connectivity index (χ1) is 19.6. The first-order valence-corrected chi connectivity index (χ1v) is 14.7. The zero-order chi connectivity index (χ0) is 29.2. The minimum Gasteiger partial charge on any atom is -0.457 e. The second-order valence-corrected chi connectivity index (χ2v) is 12.5. The number of aliphatic hydroxyl groups is 3. The minimum atomic E-state index is -0.733. The first kappa shape index (κ1) is 29.4. The maximum absolute atomic E-state index is 13.1. The number of rotatable bonds is 7. The summed E-state index contributed by atoms with van der Waals surface area (Å²) in [6.45, 7) is 4.76. The van der Waals surface area contributed by atoms with Crippen LogP contribution in [0.1, 0.15) is 52.4 Å². The van der Waals surface area contributed by atoms with Gasteiger partial charge in [-0.05, 0) is 85.8 Å². The number of para-hydroxylation sites is 1. The van der Waals surface area contributed by atoms with E-state index in [4.69, 9.17) is 9.47 Å². The van der Waals surface area contributed by atoms with Gasteiger partial charge < -0.3 is 29.7 Å². The third-order valence-electron chi connectivity index (χ3n) is 9.92. The molecule has 1 saturated heterocycles. The highest BCUT2D eigenvalue weighted by molar-refractivity contribution is 5.84. The normalized spacial score (nSPS) is 33.1. The Morgan fingerprint density at radius 3 is 2.34 bits per heavy atom. The summed E-state index contributed by atoms with van der Waals surface area (Å²) in [5.41, 5.74) is -0.579. The van der Waals surface area contributed by atoms with Crippen LogP contribution in [0, 0.1) is 22.7 Å². The van der Waals surface area contributed by atoms with Crippen LogP contribution in [0.3, 0.4) is 0 Å². The van der Waals surface area contributed by atoms with Gasteiger partial charge in [-0.15, -0.1) is 0 Å². The van der Waals surface area contributed by atoms with Crippen LogP contribution < -0.4 is 10.1 Å². The number of β-amino-alcohol motifs (C(OH)–C–C–N with tert-alkyl or cyclic N) is 1. The van der Waals surface area contributed by atoms with Gasteiger partial charge in [0, 0.05) is 30.6 Å². The van der Waals surface area contributed by atoms with E-state index < -0.39 is 35.2 Å². The highest BCUT2D eigenvalue weighted by Gasteiger charge is 2.60. The van der Waals surface area contributed by atoms with E-state index >= 15 is 0 Å². The molecule has 0 spiro atoms. The highest BCUT2D eigenvalue weighted by Crippen LogP contribution is 2.61. The molecule has 3 fully saturated rings. The van der Waals surface area contributed by atoms with Crippen LogP contribution in [-0.4, -0.2) is 70.2 Å². The number of hydrogen-bond acceptors (Lipinski definition) is 7. The van der Waals surface area contributed by atoms with Crippen molar-refractivity contribution in [3.63, 3.8) is 0 Å². The molecule has 0 radical (unpaired) electrons. The average Bonchev–Trinajstić information content (AvgIpc) is 3.40. The molecule has 3 aliphatic rings. The molecule has 4 N–H and O–H groups in total. The van der Waals surface area contributed by atoms with Crippen LogP contribution >= 0.6 is 0 Å². The van der Waals surface area contributed by atoms with Crippen molar-refractivity contribution in [1.82, 2.24) is 4.90 Å². The molecule has 5 rings (SSSR count). The summed E-state index contributed by atoms with van der Waals surface area (Å²) in [6, 6.07) is 16.5. The van der Waals surface area contributed by atoms with Crippen molar-refractivity contribution in [2.75, 3.05) is 25.0 Å². The lowest BCUT2D eigenvalue weighted by Crippen LogP contribution is -2.61. The summed E-state index contributed by atoms with van der Waals surface area (Å²) in [6.07, 6.45) is 0.929. The van der Waals surface area contributed by atoms with E-state index in [1.54, 1.807) is 29.2 Å². The number of carbonyl (C=O) groups excluding carboxylic acids is 2. The summed E-state index contributed by atoms with van der Waals surface area (Å²) in [5.74, 6) is 0.992. The van der Waals surface area contributed by atoms with E-state index in [1.165, 1.54) is 0 Å². The van der Waals surface area contributed by atoms with Gasteiger partial charge in [0.05, 0.1) is 18.8 Å². The Balaban J connectivity index is 1.23. The van der Waals surface area contributed by atoms with E-state index in [1.807, 2.05) is 37.3 Å². The van der Waals surface area contributed by atoms with E-state index in [0.29, 0.717) is 56.6 Å². The van der Waals surface area contributed by atoms with Gasteiger partial charge in [-0.2, -0.15) is 0 Å². The van der Waals surface area contributed by atoms with E-state index in [2.05, 4.69) is 12.2 Å². The first-order valence-electron chi connectivity index (χ1n) is 14.7. The van der Waals surface area contributed by atoms with Crippen LogP contribution in [0.4, 0.5) is 10.5 Å². The van der Waals surface area contributed by atoms with Crippen LogP contribution in [-0.2, 0) is 9.53 Å². The van der Waals surface area contributed by atoms with Gasteiger partial charge in [-0.25, -0.2) is 4.79 Å². The van der Waals surface area contributed by atoms with Crippen LogP contribution in [0.5, 0.6) is 11.5 Å². The number of carbonyl (C=O) groups is 2. The van der Waals surface area contributed by atoms with E-state index in [0.717, 1.165) is 5.75 Å². The highest BCUT2D eigenvalue weighted by atomic mass is 16.6. The molecule has 0 bridgehead atoms. The Hall–Kier alpha value is -3.14. The maximum atomic E-state index is 13.1. The largest absolute Gasteiger partial charge is 0.457 e. The van der Waals surface area contributed by atoms with Gasteiger partial charge in [0.15, 0.2) is 0 Å². The fraction of sp³-hybridized carbons (Fsp3) is 0.562. The fourth-order valence-corrected chi connectivity index (χ4v) is 7.57. The summed E-state index contributed by atoms with van der Waals surface area (Å²) in [4.78, 5) is 27.8. The van der Waals surface area contributed by atoms with Crippen molar-refractivity contribution in [2.24, 2.45) is 22.7 Å². The second kappa shape index (κ2) is 12.0. The van der Waals surface area contributed by atoms with Gasteiger partial charge in [0.1, 0.15) is 17.6 Å². The van der Waals surface area contributed by atoms with Crippen molar-refractivity contribution in [3.8, 4) is 11.5 Å².